The molecule has 0 N–H and O–H groups in total. The molecule has 6 heteroatoms. The highest BCUT2D eigenvalue weighted by molar-refractivity contribution is 7.90. The van der Waals surface area contributed by atoms with Crippen molar-refractivity contribution < 1.29 is 17.9 Å². The number of hydrogen-bond acceptors (Lipinski definition) is 4. The third-order valence-electron chi connectivity index (χ3n) is 4.05. The molecule has 0 aromatic heterocycles. The quantitative estimate of drug-likeness (QED) is 0.493. The Morgan fingerprint density at radius 3 is 2.46 bits per heavy atom. The van der Waals surface area contributed by atoms with Crippen LogP contribution in [0, 0.1) is 6.92 Å². The van der Waals surface area contributed by atoms with Crippen molar-refractivity contribution in [3.8, 4) is 0 Å². The number of carbonyl (C=O) groups excluding carboxylic acids is 1. The highest BCUT2D eigenvalue weighted by atomic mass is 32.2. The maximum Gasteiger partial charge on any atom is 0.293 e. The summed E-state index contributed by atoms with van der Waals surface area (Å²) >= 11 is 0. The monoisotopic (exact) mass is 367 g/mol. The van der Waals surface area contributed by atoms with Gasteiger partial charge in [-0.2, -0.15) is 12.8 Å². The summed E-state index contributed by atoms with van der Waals surface area (Å²) in [6.07, 6.45) is 1.40. The van der Waals surface area contributed by atoms with E-state index in [1.54, 1.807) is 12.1 Å². The molecule has 5 nitrogen and oxygen atoms in total. The number of rotatable bonds is 6. The Kier molecular flexibility index (Phi) is 5.14. The molecule has 0 unspecified atom stereocenters. The second kappa shape index (κ2) is 7.49. The summed E-state index contributed by atoms with van der Waals surface area (Å²) in [5.41, 5.74) is 2.43. The van der Waals surface area contributed by atoms with E-state index in [0.29, 0.717) is 12.0 Å². The zero-order valence-corrected chi connectivity index (χ0v) is 14.9. The molecule has 0 aliphatic carbocycles. The lowest BCUT2D eigenvalue weighted by molar-refractivity contribution is -0.129. The molecule has 0 fully saturated rings. The van der Waals surface area contributed by atoms with Crippen LogP contribution in [0.3, 0.4) is 0 Å². The van der Waals surface area contributed by atoms with Crippen molar-refractivity contribution in [2.24, 2.45) is 4.40 Å². The molecule has 3 aromatic rings. The number of sulfonamides is 1. The van der Waals surface area contributed by atoms with Gasteiger partial charge >= 0.3 is 0 Å². The summed E-state index contributed by atoms with van der Waals surface area (Å²) in [5, 5.41) is 1.98. The molecule has 0 atom stereocenters. The van der Waals surface area contributed by atoms with Gasteiger partial charge in [-0.25, -0.2) is 0 Å². The first kappa shape index (κ1) is 17.8. The van der Waals surface area contributed by atoms with E-state index in [-0.39, 0.29) is 11.5 Å². The molecular weight excluding hydrogens is 350 g/mol. The van der Waals surface area contributed by atoms with Gasteiger partial charge in [0.2, 0.25) is 0 Å². The largest absolute Gasteiger partial charge is 0.463 e. The molecule has 3 rings (SSSR count). The van der Waals surface area contributed by atoms with Gasteiger partial charge in [0.05, 0.1) is 4.90 Å². The van der Waals surface area contributed by atoms with Gasteiger partial charge in [0.15, 0.2) is 0 Å². The third-order valence-corrected chi connectivity index (χ3v) is 5.30. The standard InChI is InChI=1S/C20H17NO4S/c1-15-6-9-17-4-2-3-5-19(17)20(15)12-21-26(23,24)18-10-7-16(8-11-18)13-25-14-22/h2-12,14H,13H2,1H3. The number of hydrogen-bond donors (Lipinski definition) is 0. The molecule has 0 saturated heterocycles. The van der Waals surface area contributed by atoms with Crippen LogP contribution in [0.15, 0.2) is 70.0 Å². The van der Waals surface area contributed by atoms with Gasteiger partial charge in [-0.3, -0.25) is 4.79 Å². The molecule has 0 saturated carbocycles. The van der Waals surface area contributed by atoms with Crippen molar-refractivity contribution in [1.29, 1.82) is 0 Å². The van der Waals surface area contributed by atoms with E-state index in [2.05, 4.69) is 9.13 Å². The zero-order chi connectivity index (χ0) is 18.6. The molecule has 0 bridgehead atoms. The molecule has 0 amide bonds. The van der Waals surface area contributed by atoms with Crippen molar-refractivity contribution in [2.45, 2.75) is 18.4 Å². The second-order valence-electron chi connectivity index (χ2n) is 5.78. The van der Waals surface area contributed by atoms with E-state index in [0.717, 1.165) is 21.9 Å². The minimum atomic E-state index is -3.82. The summed E-state index contributed by atoms with van der Waals surface area (Å²) in [5.74, 6) is 0. The highest BCUT2D eigenvalue weighted by Gasteiger charge is 2.12. The number of fused-ring (bicyclic) bond motifs is 1. The third kappa shape index (κ3) is 3.81. The minimum absolute atomic E-state index is 0.0847. The SMILES string of the molecule is Cc1ccc2ccccc2c1C=NS(=O)(=O)c1ccc(COC=O)cc1. The summed E-state index contributed by atoms with van der Waals surface area (Å²) in [6, 6.07) is 17.8. The van der Waals surface area contributed by atoms with Crippen LogP contribution in [-0.2, 0) is 26.2 Å². The van der Waals surface area contributed by atoms with E-state index in [4.69, 9.17) is 0 Å². The van der Waals surface area contributed by atoms with Crippen LogP contribution in [0.2, 0.25) is 0 Å². The van der Waals surface area contributed by atoms with E-state index in [1.807, 2.05) is 43.3 Å². The number of nitrogens with zero attached hydrogens (tertiary/aromatic N) is 1. The van der Waals surface area contributed by atoms with Gasteiger partial charge < -0.3 is 4.74 Å². The number of ether oxygens (including phenoxy) is 1. The molecular formula is C20H17NO4S. The zero-order valence-electron chi connectivity index (χ0n) is 14.1. The minimum Gasteiger partial charge on any atom is -0.463 e. The Hall–Kier alpha value is -2.99. The average molecular weight is 367 g/mol. The Morgan fingerprint density at radius 2 is 1.73 bits per heavy atom. The van der Waals surface area contributed by atoms with Crippen LogP contribution in [0.1, 0.15) is 16.7 Å². The summed E-state index contributed by atoms with van der Waals surface area (Å²) in [7, 11) is -3.82. The first-order valence-electron chi connectivity index (χ1n) is 7.94. The van der Waals surface area contributed by atoms with Crippen molar-refractivity contribution in [1.82, 2.24) is 0 Å². The molecule has 26 heavy (non-hydrogen) atoms. The number of benzene rings is 3. The smallest absolute Gasteiger partial charge is 0.293 e. The van der Waals surface area contributed by atoms with Gasteiger partial charge in [0, 0.05) is 11.8 Å². The van der Waals surface area contributed by atoms with Crippen LogP contribution < -0.4 is 0 Å². The van der Waals surface area contributed by atoms with Crippen LogP contribution in [0.5, 0.6) is 0 Å². The summed E-state index contributed by atoms with van der Waals surface area (Å²) in [4.78, 5) is 10.3. The lowest BCUT2D eigenvalue weighted by atomic mass is 10.0. The van der Waals surface area contributed by atoms with Crippen LogP contribution in [0.4, 0.5) is 0 Å². The van der Waals surface area contributed by atoms with E-state index in [9.17, 15) is 13.2 Å². The number of carbonyl (C=O) groups is 1. The highest BCUT2D eigenvalue weighted by Crippen LogP contribution is 2.21. The van der Waals surface area contributed by atoms with Crippen LogP contribution >= 0.6 is 0 Å². The van der Waals surface area contributed by atoms with Crippen LogP contribution in [0.25, 0.3) is 10.8 Å². The van der Waals surface area contributed by atoms with Gasteiger partial charge in [0.25, 0.3) is 16.5 Å². The fourth-order valence-electron chi connectivity index (χ4n) is 2.65. The Labute approximate surface area is 152 Å². The first-order valence-corrected chi connectivity index (χ1v) is 9.38. The predicted molar refractivity (Wildman–Crippen MR) is 101 cm³/mol. The van der Waals surface area contributed by atoms with Gasteiger partial charge in [-0.1, -0.05) is 48.5 Å². The molecule has 0 heterocycles. The topological polar surface area (TPSA) is 72.8 Å². The molecule has 0 spiro atoms. The average Bonchev–Trinajstić information content (AvgIpc) is 2.66. The van der Waals surface area contributed by atoms with Gasteiger partial charge in [0.1, 0.15) is 6.61 Å². The van der Waals surface area contributed by atoms with Gasteiger partial charge in [-0.05, 0) is 41.0 Å². The van der Waals surface area contributed by atoms with E-state index < -0.39 is 10.0 Å². The second-order valence-corrected chi connectivity index (χ2v) is 7.41. The molecule has 3 aromatic carbocycles. The Bertz CT molecular complexity index is 1070. The summed E-state index contributed by atoms with van der Waals surface area (Å²) in [6.45, 7) is 2.37. The van der Waals surface area contributed by atoms with Crippen molar-refractivity contribution in [3.05, 3.63) is 77.4 Å². The maximum absolute atomic E-state index is 12.5. The normalized spacial score (nSPS) is 11.7. The van der Waals surface area contributed by atoms with E-state index >= 15 is 0 Å². The molecule has 0 radical (unpaired) electrons. The lowest BCUT2D eigenvalue weighted by Gasteiger charge is -2.06. The molecule has 132 valence electrons. The lowest BCUT2D eigenvalue weighted by Crippen LogP contribution is -2.00. The van der Waals surface area contributed by atoms with Crippen molar-refractivity contribution in [3.63, 3.8) is 0 Å². The Balaban J connectivity index is 1.92. The van der Waals surface area contributed by atoms with Gasteiger partial charge in [-0.15, -0.1) is 0 Å². The van der Waals surface area contributed by atoms with Crippen LogP contribution in [-0.4, -0.2) is 21.1 Å². The number of aryl methyl sites for hydroxylation is 1. The Morgan fingerprint density at radius 1 is 1.00 bits per heavy atom. The van der Waals surface area contributed by atoms with Crippen molar-refractivity contribution in [2.75, 3.05) is 0 Å². The first-order chi connectivity index (χ1) is 12.5. The maximum atomic E-state index is 12.5. The molecule has 0 aliphatic rings. The van der Waals surface area contributed by atoms with E-state index in [1.165, 1.54) is 18.3 Å². The molecule has 0 aliphatic heterocycles. The predicted octanol–water partition coefficient (Wildman–Crippen LogP) is 3.63. The fraction of sp³-hybridized carbons (Fsp3) is 0.100. The fourth-order valence-corrected chi connectivity index (χ4v) is 3.49. The van der Waals surface area contributed by atoms with Crippen molar-refractivity contribution >= 4 is 33.5 Å². The summed E-state index contributed by atoms with van der Waals surface area (Å²) < 4.78 is 33.5.